The molecule has 2 aromatic heterocycles. The number of hydrogen-bond acceptors (Lipinski definition) is 6. The van der Waals surface area contributed by atoms with Crippen LogP contribution >= 0.6 is 11.8 Å². The summed E-state index contributed by atoms with van der Waals surface area (Å²) in [6.45, 7) is 1.79. The number of nitrogens with zero attached hydrogens (tertiary/aromatic N) is 3. The number of benzene rings is 2. The third-order valence-electron chi connectivity index (χ3n) is 3.74. The van der Waals surface area contributed by atoms with Crippen LogP contribution in [0.15, 0.2) is 58.4 Å². The Hall–Kier alpha value is -3.13. The molecular formula is C18H15N5O2S. The minimum absolute atomic E-state index is 0.168. The highest BCUT2D eigenvalue weighted by Crippen LogP contribution is 2.21. The van der Waals surface area contributed by atoms with Gasteiger partial charge in [-0.1, -0.05) is 23.9 Å². The number of carbonyl (C=O) groups excluding carboxylic acids is 1. The van der Waals surface area contributed by atoms with Crippen LogP contribution in [-0.4, -0.2) is 26.1 Å². The summed E-state index contributed by atoms with van der Waals surface area (Å²) in [5, 5.41) is 10.3. The normalized spacial score (nSPS) is 11.0. The number of aryl methyl sites for hydroxylation is 1. The Bertz CT molecular complexity index is 1040. The molecule has 8 heteroatoms. The van der Waals surface area contributed by atoms with E-state index in [9.17, 15) is 4.79 Å². The largest absolute Gasteiger partial charge is 0.441 e. The van der Waals surface area contributed by atoms with Gasteiger partial charge in [-0.2, -0.15) is 5.10 Å². The second-order valence-corrected chi connectivity index (χ2v) is 6.61. The molecule has 1 amide bonds. The van der Waals surface area contributed by atoms with Crippen molar-refractivity contribution in [2.24, 2.45) is 0 Å². The van der Waals surface area contributed by atoms with E-state index in [1.165, 1.54) is 6.33 Å². The van der Waals surface area contributed by atoms with Gasteiger partial charge in [0.2, 0.25) is 0 Å². The van der Waals surface area contributed by atoms with Crippen LogP contribution in [-0.2, 0) is 5.75 Å². The van der Waals surface area contributed by atoms with E-state index >= 15 is 0 Å². The molecular weight excluding hydrogens is 350 g/mol. The topological polar surface area (TPSA) is 96.7 Å². The maximum atomic E-state index is 12.4. The number of hydrogen-bond donors (Lipinski definition) is 2. The molecule has 2 heterocycles. The first-order valence-corrected chi connectivity index (χ1v) is 8.91. The van der Waals surface area contributed by atoms with Crippen LogP contribution < -0.4 is 5.32 Å². The number of carbonyl (C=O) groups is 1. The van der Waals surface area contributed by atoms with Gasteiger partial charge < -0.3 is 9.73 Å². The fraction of sp³-hybridized carbons (Fsp3) is 0.111. The van der Waals surface area contributed by atoms with Gasteiger partial charge in [-0.05, 0) is 35.9 Å². The number of oxazole rings is 1. The van der Waals surface area contributed by atoms with Gasteiger partial charge in [0.15, 0.2) is 16.6 Å². The zero-order chi connectivity index (χ0) is 17.9. The molecule has 4 rings (SSSR count). The Labute approximate surface area is 153 Å². The molecule has 0 aliphatic heterocycles. The number of thioether (sulfide) groups is 1. The van der Waals surface area contributed by atoms with E-state index < -0.39 is 0 Å². The average Bonchev–Trinajstić information content (AvgIpc) is 3.28. The SMILES string of the molecule is Cc1nc2cc(NC(=O)c3ccc(CSc4ncn[nH]4)cc3)ccc2o1. The van der Waals surface area contributed by atoms with E-state index in [-0.39, 0.29) is 5.91 Å². The molecule has 0 fully saturated rings. The molecule has 0 aliphatic rings. The molecule has 0 saturated heterocycles. The van der Waals surface area contributed by atoms with Gasteiger partial charge in [0.05, 0.1) is 0 Å². The maximum absolute atomic E-state index is 12.4. The van der Waals surface area contributed by atoms with Crippen molar-refractivity contribution in [1.82, 2.24) is 20.2 Å². The lowest BCUT2D eigenvalue weighted by Crippen LogP contribution is -2.11. The van der Waals surface area contributed by atoms with Gasteiger partial charge in [-0.25, -0.2) is 9.97 Å². The number of amides is 1. The van der Waals surface area contributed by atoms with Crippen molar-refractivity contribution in [2.45, 2.75) is 17.8 Å². The Kier molecular flexibility index (Phi) is 4.40. The molecule has 0 spiro atoms. The molecule has 2 N–H and O–H groups in total. The van der Waals surface area contributed by atoms with Gasteiger partial charge in [0.25, 0.3) is 5.91 Å². The fourth-order valence-corrected chi connectivity index (χ4v) is 3.23. The molecule has 0 atom stereocenters. The zero-order valence-corrected chi connectivity index (χ0v) is 14.7. The van der Waals surface area contributed by atoms with E-state index in [1.807, 2.05) is 24.3 Å². The van der Waals surface area contributed by atoms with Gasteiger partial charge >= 0.3 is 0 Å². The number of anilines is 1. The summed E-state index contributed by atoms with van der Waals surface area (Å²) in [5.74, 6) is 1.18. The first-order chi connectivity index (χ1) is 12.7. The summed E-state index contributed by atoms with van der Waals surface area (Å²) in [6.07, 6.45) is 1.48. The molecule has 2 aromatic carbocycles. The van der Waals surface area contributed by atoms with E-state index in [0.29, 0.717) is 22.7 Å². The highest BCUT2D eigenvalue weighted by atomic mass is 32.2. The van der Waals surface area contributed by atoms with Crippen LogP contribution in [0.25, 0.3) is 11.1 Å². The van der Waals surface area contributed by atoms with Gasteiger partial charge in [0, 0.05) is 23.9 Å². The first-order valence-electron chi connectivity index (χ1n) is 7.93. The minimum atomic E-state index is -0.168. The quantitative estimate of drug-likeness (QED) is 0.522. The number of H-pyrrole nitrogens is 1. The summed E-state index contributed by atoms with van der Waals surface area (Å²) in [6, 6.07) is 12.9. The van der Waals surface area contributed by atoms with Crippen LogP contribution in [0, 0.1) is 6.92 Å². The highest BCUT2D eigenvalue weighted by Gasteiger charge is 2.09. The summed E-state index contributed by atoms with van der Waals surface area (Å²) >= 11 is 1.55. The van der Waals surface area contributed by atoms with Gasteiger partial charge in [0.1, 0.15) is 11.8 Å². The molecule has 0 radical (unpaired) electrons. The van der Waals surface area contributed by atoms with Crippen molar-refractivity contribution in [3.8, 4) is 0 Å². The van der Waals surface area contributed by atoms with Crippen LogP contribution in [0.3, 0.4) is 0 Å². The Morgan fingerprint density at radius 3 is 2.85 bits per heavy atom. The molecule has 130 valence electrons. The monoisotopic (exact) mass is 365 g/mol. The highest BCUT2D eigenvalue weighted by molar-refractivity contribution is 7.98. The van der Waals surface area contributed by atoms with Crippen molar-refractivity contribution in [1.29, 1.82) is 0 Å². The summed E-state index contributed by atoms with van der Waals surface area (Å²) < 4.78 is 5.44. The van der Waals surface area contributed by atoms with Crippen molar-refractivity contribution in [2.75, 3.05) is 5.32 Å². The number of aromatic amines is 1. The van der Waals surface area contributed by atoms with E-state index in [1.54, 1.807) is 36.9 Å². The standard InChI is InChI=1S/C18H15N5O2S/c1-11-21-15-8-14(6-7-16(15)25-11)22-17(24)13-4-2-12(3-5-13)9-26-18-19-10-20-23-18/h2-8,10H,9H2,1H3,(H,22,24)(H,19,20,23). The molecule has 4 aromatic rings. The van der Waals surface area contributed by atoms with E-state index in [4.69, 9.17) is 4.42 Å². The third kappa shape index (κ3) is 3.60. The Balaban J connectivity index is 1.41. The molecule has 7 nitrogen and oxygen atoms in total. The smallest absolute Gasteiger partial charge is 0.255 e. The van der Waals surface area contributed by atoms with E-state index in [2.05, 4.69) is 25.5 Å². The lowest BCUT2D eigenvalue weighted by molar-refractivity contribution is 0.102. The van der Waals surface area contributed by atoms with Crippen molar-refractivity contribution in [3.63, 3.8) is 0 Å². The predicted octanol–water partition coefficient (Wildman–Crippen LogP) is 3.80. The lowest BCUT2D eigenvalue weighted by atomic mass is 10.1. The molecule has 0 unspecified atom stereocenters. The van der Waals surface area contributed by atoms with Crippen molar-refractivity contribution in [3.05, 3.63) is 65.8 Å². The second kappa shape index (κ2) is 7.01. The average molecular weight is 365 g/mol. The van der Waals surface area contributed by atoms with Crippen LogP contribution in [0.4, 0.5) is 5.69 Å². The van der Waals surface area contributed by atoms with E-state index in [0.717, 1.165) is 22.0 Å². The predicted molar refractivity (Wildman–Crippen MR) is 99.1 cm³/mol. The minimum Gasteiger partial charge on any atom is -0.441 e. The third-order valence-corrected chi connectivity index (χ3v) is 4.68. The van der Waals surface area contributed by atoms with Crippen molar-refractivity contribution >= 4 is 34.5 Å². The zero-order valence-electron chi connectivity index (χ0n) is 13.9. The number of aromatic nitrogens is 4. The van der Waals surface area contributed by atoms with Gasteiger partial charge in [-0.15, -0.1) is 0 Å². The maximum Gasteiger partial charge on any atom is 0.255 e. The second-order valence-electron chi connectivity index (χ2n) is 5.65. The number of rotatable bonds is 5. The van der Waals surface area contributed by atoms with Crippen LogP contribution in [0.1, 0.15) is 21.8 Å². The van der Waals surface area contributed by atoms with Gasteiger partial charge in [-0.3, -0.25) is 9.89 Å². The molecule has 26 heavy (non-hydrogen) atoms. The lowest BCUT2D eigenvalue weighted by Gasteiger charge is -2.06. The Morgan fingerprint density at radius 2 is 2.08 bits per heavy atom. The number of fused-ring (bicyclic) bond motifs is 1. The van der Waals surface area contributed by atoms with Crippen molar-refractivity contribution < 1.29 is 9.21 Å². The summed E-state index contributed by atoms with van der Waals surface area (Å²) in [4.78, 5) is 20.8. The molecule has 0 aliphatic carbocycles. The summed E-state index contributed by atoms with van der Waals surface area (Å²) in [5.41, 5.74) is 3.80. The van der Waals surface area contributed by atoms with Crippen LogP contribution in [0.5, 0.6) is 0 Å². The fourth-order valence-electron chi connectivity index (χ4n) is 2.49. The summed E-state index contributed by atoms with van der Waals surface area (Å²) in [7, 11) is 0. The Morgan fingerprint density at radius 1 is 1.23 bits per heavy atom. The molecule has 0 saturated carbocycles. The molecule has 0 bridgehead atoms. The first kappa shape index (κ1) is 16.3. The van der Waals surface area contributed by atoms with Crippen LogP contribution in [0.2, 0.25) is 0 Å². The number of nitrogens with one attached hydrogen (secondary N) is 2.